The molecular weight excluding hydrogens is 244 g/mol. The number of likely N-dealkylation sites (tertiary alicyclic amines) is 1. The van der Waals surface area contributed by atoms with Crippen molar-refractivity contribution in [3.05, 3.63) is 0 Å². The number of primary amides is 1. The first-order chi connectivity index (χ1) is 9.00. The van der Waals surface area contributed by atoms with Gasteiger partial charge in [-0.1, -0.05) is 12.8 Å². The quantitative estimate of drug-likeness (QED) is 0.796. The molecule has 5 heteroatoms. The van der Waals surface area contributed by atoms with Crippen LogP contribution in [0.15, 0.2) is 0 Å². The third-order valence-electron chi connectivity index (χ3n) is 4.40. The lowest BCUT2D eigenvalue weighted by Crippen LogP contribution is -2.47. The van der Waals surface area contributed by atoms with E-state index in [-0.39, 0.29) is 30.7 Å². The van der Waals surface area contributed by atoms with Crippen molar-refractivity contribution in [2.24, 2.45) is 5.73 Å². The molecule has 2 fully saturated rings. The van der Waals surface area contributed by atoms with E-state index in [1.54, 1.807) is 4.90 Å². The number of hydrogen-bond donors (Lipinski definition) is 2. The van der Waals surface area contributed by atoms with E-state index in [0.717, 1.165) is 32.1 Å². The third kappa shape index (κ3) is 3.69. The van der Waals surface area contributed by atoms with Crippen molar-refractivity contribution in [2.45, 2.75) is 69.4 Å². The Kier molecular flexibility index (Phi) is 4.45. The predicted octanol–water partition coefficient (Wildman–Crippen LogP) is 0.938. The van der Waals surface area contributed by atoms with E-state index in [2.05, 4.69) is 0 Å². The van der Waals surface area contributed by atoms with Gasteiger partial charge < -0.3 is 15.7 Å². The minimum absolute atomic E-state index is 0.0182. The second-order valence-corrected chi connectivity index (χ2v) is 6.02. The van der Waals surface area contributed by atoms with Crippen molar-refractivity contribution < 1.29 is 14.7 Å². The van der Waals surface area contributed by atoms with Crippen molar-refractivity contribution in [3.63, 3.8) is 0 Å². The van der Waals surface area contributed by atoms with Crippen LogP contribution >= 0.6 is 0 Å². The van der Waals surface area contributed by atoms with Crippen molar-refractivity contribution in [3.8, 4) is 0 Å². The maximum absolute atomic E-state index is 12.4. The van der Waals surface area contributed by atoms with E-state index >= 15 is 0 Å². The third-order valence-corrected chi connectivity index (χ3v) is 4.40. The van der Waals surface area contributed by atoms with Gasteiger partial charge in [-0.05, 0) is 32.1 Å². The molecule has 1 saturated carbocycles. The summed E-state index contributed by atoms with van der Waals surface area (Å²) in [7, 11) is 0. The Morgan fingerprint density at radius 3 is 2.53 bits per heavy atom. The first kappa shape index (κ1) is 14.3. The second-order valence-electron chi connectivity index (χ2n) is 6.02. The highest BCUT2D eigenvalue weighted by atomic mass is 16.3. The van der Waals surface area contributed by atoms with Crippen molar-refractivity contribution in [1.29, 1.82) is 0 Å². The lowest BCUT2D eigenvalue weighted by molar-refractivity contribution is -0.140. The molecule has 2 rings (SSSR count). The van der Waals surface area contributed by atoms with Gasteiger partial charge in [0.05, 0.1) is 12.0 Å². The Bertz CT molecular complexity index is 351. The predicted molar refractivity (Wildman–Crippen MR) is 71.2 cm³/mol. The van der Waals surface area contributed by atoms with Crippen LogP contribution in [0, 0.1) is 0 Å². The number of carbonyl (C=O) groups is 2. The molecule has 0 aromatic carbocycles. The summed E-state index contributed by atoms with van der Waals surface area (Å²) in [6.45, 7) is 0.687. The average Bonchev–Trinajstić information content (AvgIpc) is 2.75. The summed E-state index contributed by atoms with van der Waals surface area (Å²) in [6, 6.07) is -0.0660. The number of aliphatic hydroxyl groups is 1. The van der Waals surface area contributed by atoms with Crippen LogP contribution in [0.1, 0.15) is 57.8 Å². The standard InChI is InChI=1S/C14H24N2O3/c15-12(17)9-11-5-1-4-8-16(11)13(18)10-14(19)6-2-3-7-14/h11,19H,1-10H2,(H2,15,17). The second kappa shape index (κ2) is 5.90. The molecule has 2 amide bonds. The fraction of sp³-hybridized carbons (Fsp3) is 0.857. The van der Waals surface area contributed by atoms with Gasteiger partial charge in [0, 0.05) is 19.0 Å². The summed E-state index contributed by atoms with van der Waals surface area (Å²) in [6.07, 6.45) is 6.70. The maximum Gasteiger partial charge on any atom is 0.225 e. The van der Waals surface area contributed by atoms with Gasteiger partial charge in [0.25, 0.3) is 0 Å². The van der Waals surface area contributed by atoms with Crippen LogP contribution in [0.25, 0.3) is 0 Å². The minimum Gasteiger partial charge on any atom is -0.389 e. The van der Waals surface area contributed by atoms with Crippen LogP contribution in [-0.2, 0) is 9.59 Å². The maximum atomic E-state index is 12.4. The fourth-order valence-electron chi connectivity index (χ4n) is 3.37. The summed E-state index contributed by atoms with van der Waals surface area (Å²) in [5, 5.41) is 10.3. The highest BCUT2D eigenvalue weighted by Crippen LogP contribution is 2.33. The van der Waals surface area contributed by atoms with E-state index in [4.69, 9.17) is 5.73 Å². The van der Waals surface area contributed by atoms with Crippen LogP contribution in [0.4, 0.5) is 0 Å². The first-order valence-corrected chi connectivity index (χ1v) is 7.30. The number of piperidine rings is 1. The van der Waals surface area contributed by atoms with Crippen LogP contribution in [0.2, 0.25) is 0 Å². The molecule has 0 spiro atoms. The number of nitrogens with zero attached hydrogens (tertiary/aromatic N) is 1. The number of rotatable bonds is 4. The Morgan fingerprint density at radius 2 is 1.89 bits per heavy atom. The van der Waals surface area contributed by atoms with Crippen LogP contribution in [-0.4, -0.2) is 40.0 Å². The fourth-order valence-corrected chi connectivity index (χ4v) is 3.37. The van der Waals surface area contributed by atoms with Crippen molar-refractivity contribution in [2.75, 3.05) is 6.54 Å². The van der Waals surface area contributed by atoms with Gasteiger partial charge >= 0.3 is 0 Å². The number of hydrogen-bond acceptors (Lipinski definition) is 3. The molecule has 0 aromatic heterocycles. The number of amides is 2. The van der Waals surface area contributed by atoms with E-state index in [1.807, 2.05) is 0 Å². The molecule has 1 saturated heterocycles. The summed E-state index contributed by atoms with van der Waals surface area (Å²) in [5.74, 6) is -0.375. The molecular formula is C14H24N2O3. The van der Waals surface area contributed by atoms with Crippen molar-refractivity contribution >= 4 is 11.8 Å². The largest absolute Gasteiger partial charge is 0.389 e. The molecule has 19 heavy (non-hydrogen) atoms. The molecule has 1 atom stereocenters. The van der Waals surface area contributed by atoms with Gasteiger partial charge in [0.15, 0.2) is 0 Å². The van der Waals surface area contributed by atoms with Gasteiger partial charge in [-0.15, -0.1) is 0 Å². The molecule has 1 aliphatic carbocycles. The lowest BCUT2D eigenvalue weighted by atomic mass is 9.94. The molecule has 5 nitrogen and oxygen atoms in total. The zero-order chi connectivity index (χ0) is 13.9. The van der Waals surface area contributed by atoms with E-state index in [9.17, 15) is 14.7 Å². The Balaban J connectivity index is 1.96. The van der Waals surface area contributed by atoms with Gasteiger partial charge in [-0.3, -0.25) is 9.59 Å². The summed E-state index contributed by atoms with van der Waals surface area (Å²) >= 11 is 0. The molecule has 1 heterocycles. The smallest absolute Gasteiger partial charge is 0.225 e. The van der Waals surface area contributed by atoms with Gasteiger partial charge in [-0.2, -0.15) is 0 Å². The molecule has 0 aromatic rings. The van der Waals surface area contributed by atoms with Gasteiger partial charge in [0.2, 0.25) is 11.8 Å². The lowest BCUT2D eigenvalue weighted by Gasteiger charge is -2.37. The Morgan fingerprint density at radius 1 is 1.21 bits per heavy atom. The zero-order valence-corrected chi connectivity index (χ0v) is 11.4. The SMILES string of the molecule is NC(=O)CC1CCCCN1C(=O)CC1(O)CCCC1. The highest BCUT2D eigenvalue weighted by Gasteiger charge is 2.37. The van der Waals surface area contributed by atoms with Crippen molar-refractivity contribution in [1.82, 2.24) is 4.90 Å². The topological polar surface area (TPSA) is 83.6 Å². The van der Waals surface area contributed by atoms with Gasteiger partial charge in [0.1, 0.15) is 0 Å². The molecule has 108 valence electrons. The molecule has 1 aliphatic heterocycles. The van der Waals surface area contributed by atoms with E-state index < -0.39 is 5.60 Å². The summed E-state index contributed by atoms with van der Waals surface area (Å²) < 4.78 is 0. The van der Waals surface area contributed by atoms with Crippen LogP contribution in [0.5, 0.6) is 0 Å². The summed E-state index contributed by atoms with van der Waals surface area (Å²) in [4.78, 5) is 25.2. The van der Waals surface area contributed by atoms with Crippen LogP contribution < -0.4 is 5.73 Å². The molecule has 3 N–H and O–H groups in total. The first-order valence-electron chi connectivity index (χ1n) is 7.30. The monoisotopic (exact) mass is 268 g/mol. The zero-order valence-electron chi connectivity index (χ0n) is 11.4. The molecule has 0 radical (unpaired) electrons. The molecule has 2 aliphatic rings. The normalized spacial score (nSPS) is 26.4. The summed E-state index contributed by atoms with van der Waals surface area (Å²) in [5.41, 5.74) is 4.44. The minimum atomic E-state index is -0.814. The highest BCUT2D eigenvalue weighted by molar-refractivity contribution is 5.80. The Hall–Kier alpha value is -1.10. The average molecular weight is 268 g/mol. The number of carbonyl (C=O) groups excluding carboxylic acids is 2. The molecule has 0 bridgehead atoms. The van der Waals surface area contributed by atoms with E-state index in [1.165, 1.54) is 0 Å². The number of nitrogens with two attached hydrogens (primary N) is 1. The Labute approximate surface area is 114 Å². The van der Waals surface area contributed by atoms with E-state index in [0.29, 0.717) is 19.4 Å². The molecule has 1 unspecified atom stereocenters. The van der Waals surface area contributed by atoms with Gasteiger partial charge in [-0.25, -0.2) is 0 Å². The van der Waals surface area contributed by atoms with Crippen LogP contribution in [0.3, 0.4) is 0 Å².